The molecule has 0 spiro atoms. The van der Waals surface area contributed by atoms with E-state index in [9.17, 15) is 0 Å². The number of nitrogens with zero attached hydrogens (tertiary/aromatic N) is 3. The van der Waals surface area contributed by atoms with Gasteiger partial charge in [0.15, 0.2) is 5.82 Å². The van der Waals surface area contributed by atoms with Gasteiger partial charge in [-0.2, -0.15) is 0 Å². The smallest absolute Gasteiger partial charge is 0.257 e. The van der Waals surface area contributed by atoms with Crippen molar-refractivity contribution in [2.45, 2.75) is 66.4 Å². The number of aromatic nitrogens is 3. The summed E-state index contributed by atoms with van der Waals surface area (Å²) in [5.74, 6) is 1.90. The van der Waals surface area contributed by atoms with Crippen molar-refractivity contribution in [1.29, 1.82) is 0 Å². The lowest BCUT2D eigenvalue weighted by molar-refractivity contribution is 0.185. The van der Waals surface area contributed by atoms with E-state index in [4.69, 9.17) is 19.4 Å². The molecule has 6 nitrogen and oxygen atoms in total. The van der Waals surface area contributed by atoms with Crippen LogP contribution in [-0.4, -0.2) is 35.2 Å². The summed E-state index contributed by atoms with van der Waals surface area (Å²) < 4.78 is 11.5. The van der Waals surface area contributed by atoms with E-state index in [1.54, 1.807) is 7.11 Å². The minimum Gasteiger partial charge on any atom is -0.481 e. The van der Waals surface area contributed by atoms with Gasteiger partial charge in [0.2, 0.25) is 5.88 Å². The van der Waals surface area contributed by atoms with Gasteiger partial charge in [-0.25, -0.2) is 15.0 Å². The van der Waals surface area contributed by atoms with E-state index < -0.39 is 0 Å². The minimum atomic E-state index is 0.137. The predicted octanol–water partition coefficient (Wildman–Crippen LogP) is 4.59. The number of hydrogen-bond donors (Lipinski definition) is 1. The second-order valence-electron chi connectivity index (χ2n) is 6.48. The SMILES string of the molecule is CCc1cc(-c2nc(NC)c(OC(CC)CC)nc2CC)c(C)nc1OC. The Balaban J connectivity index is 2.60. The van der Waals surface area contributed by atoms with Crippen LogP contribution in [0, 0.1) is 6.92 Å². The Bertz CT molecular complexity index is 773. The number of methoxy groups -OCH3 is 1. The number of ether oxygens (including phenoxy) is 2. The highest BCUT2D eigenvalue weighted by Gasteiger charge is 2.20. The lowest BCUT2D eigenvalue weighted by Gasteiger charge is -2.19. The highest BCUT2D eigenvalue weighted by Crippen LogP contribution is 2.33. The Hall–Kier alpha value is -2.37. The van der Waals surface area contributed by atoms with Crippen molar-refractivity contribution < 1.29 is 9.47 Å². The standard InChI is InChI=1S/C21H32N4O2/c1-8-14-12-16(13(5)23-20(14)26-7)18-17(11-4)24-21(19(22-6)25-18)27-15(9-2)10-3/h12,15H,8-11H2,1-7H3,(H,22,25). The number of rotatable bonds is 9. The first-order valence-corrected chi connectivity index (χ1v) is 9.82. The van der Waals surface area contributed by atoms with Crippen LogP contribution in [0.4, 0.5) is 5.82 Å². The fourth-order valence-corrected chi connectivity index (χ4v) is 3.07. The third-order valence-corrected chi connectivity index (χ3v) is 4.78. The normalized spacial score (nSPS) is 11.0. The quantitative estimate of drug-likeness (QED) is 0.694. The summed E-state index contributed by atoms with van der Waals surface area (Å²) >= 11 is 0. The number of hydrogen-bond acceptors (Lipinski definition) is 6. The zero-order valence-corrected chi connectivity index (χ0v) is 17.6. The second kappa shape index (κ2) is 9.53. The van der Waals surface area contributed by atoms with Crippen LogP contribution < -0.4 is 14.8 Å². The van der Waals surface area contributed by atoms with Crippen molar-refractivity contribution >= 4 is 5.82 Å². The number of nitrogens with one attached hydrogen (secondary N) is 1. The Morgan fingerprint density at radius 1 is 1.00 bits per heavy atom. The summed E-state index contributed by atoms with van der Waals surface area (Å²) in [5.41, 5.74) is 4.69. The topological polar surface area (TPSA) is 69.2 Å². The molecule has 0 unspecified atom stereocenters. The molecule has 6 heteroatoms. The molecule has 0 fully saturated rings. The molecule has 148 valence electrons. The summed E-state index contributed by atoms with van der Waals surface area (Å²) in [7, 11) is 3.50. The van der Waals surface area contributed by atoms with Crippen LogP contribution in [-0.2, 0) is 12.8 Å². The molecule has 0 aromatic carbocycles. The fourth-order valence-electron chi connectivity index (χ4n) is 3.07. The average molecular weight is 373 g/mol. The maximum absolute atomic E-state index is 6.11. The van der Waals surface area contributed by atoms with E-state index in [1.807, 2.05) is 14.0 Å². The van der Waals surface area contributed by atoms with Gasteiger partial charge >= 0.3 is 0 Å². The van der Waals surface area contributed by atoms with Crippen LogP contribution in [0.25, 0.3) is 11.3 Å². The molecule has 0 saturated heterocycles. The molecule has 0 aliphatic rings. The molecule has 0 aliphatic heterocycles. The molecule has 27 heavy (non-hydrogen) atoms. The monoisotopic (exact) mass is 372 g/mol. The van der Waals surface area contributed by atoms with E-state index in [2.05, 4.69) is 44.1 Å². The van der Waals surface area contributed by atoms with Crippen LogP contribution in [0.3, 0.4) is 0 Å². The largest absolute Gasteiger partial charge is 0.481 e. The van der Waals surface area contributed by atoms with E-state index in [-0.39, 0.29) is 6.10 Å². The van der Waals surface area contributed by atoms with Crippen molar-refractivity contribution in [1.82, 2.24) is 15.0 Å². The first-order valence-electron chi connectivity index (χ1n) is 9.82. The lowest BCUT2D eigenvalue weighted by atomic mass is 10.0. The second-order valence-corrected chi connectivity index (χ2v) is 6.48. The Kier molecular flexibility index (Phi) is 7.39. The Morgan fingerprint density at radius 3 is 2.22 bits per heavy atom. The van der Waals surface area contributed by atoms with Crippen molar-refractivity contribution in [2.75, 3.05) is 19.5 Å². The molecular weight excluding hydrogens is 340 g/mol. The summed E-state index contributed by atoms with van der Waals surface area (Å²) in [6, 6.07) is 2.12. The van der Waals surface area contributed by atoms with Gasteiger partial charge in [0.05, 0.1) is 24.2 Å². The van der Waals surface area contributed by atoms with Crippen molar-refractivity contribution in [3.8, 4) is 23.0 Å². The van der Waals surface area contributed by atoms with E-state index in [0.29, 0.717) is 17.6 Å². The molecule has 0 amide bonds. The number of pyridine rings is 1. The maximum Gasteiger partial charge on any atom is 0.257 e. The highest BCUT2D eigenvalue weighted by molar-refractivity contribution is 5.68. The third kappa shape index (κ3) is 4.49. The molecule has 2 heterocycles. The summed E-state index contributed by atoms with van der Waals surface area (Å²) in [6.45, 7) is 10.4. The molecule has 0 radical (unpaired) electrons. The van der Waals surface area contributed by atoms with E-state index >= 15 is 0 Å². The maximum atomic E-state index is 6.11. The molecule has 2 rings (SSSR count). The van der Waals surface area contributed by atoms with Crippen LogP contribution in [0.5, 0.6) is 11.8 Å². The van der Waals surface area contributed by atoms with Crippen LogP contribution in [0.15, 0.2) is 6.07 Å². The predicted molar refractivity (Wildman–Crippen MR) is 110 cm³/mol. The molecule has 2 aromatic rings. The molecular formula is C21H32N4O2. The molecule has 0 aliphatic carbocycles. The summed E-state index contributed by atoms with van der Waals surface area (Å²) in [5, 5.41) is 3.14. The lowest BCUT2D eigenvalue weighted by Crippen LogP contribution is -2.17. The fraction of sp³-hybridized carbons (Fsp3) is 0.571. The molecule has 2 aromatic heterocycles. The van der Waals surface area contributed by atoms with Gasteiger partial charge in [-0.3, -0.25) is 0 Å². The summed E-state index contributed by atoms with van der Waals surface area (Å²) in [4.78, 5) is 14.3. The van der Waals surface area contributed by atoms with Gasteiger partial charge in [-0.1, -0.05) is 27.7 Å². The van der Waals surface area contributed by atoms with E-state index in [0.717, 1.165) is 53.9 Å². The first-order chi connectivity index (χ1) is 13.0. The first kappa shape index (κ1) is 20.9. The number of anilines is 1. The Labute approximate surface area is 162 Å². The minimum absolute atomic E-state index is 0.137. The van der Waals surface area contributed by atoms with Gasteiger partial charge in [0.1, 0.15) is 6.10 Å². The molecule has 1 N–H and O–H groups in total. The third-order valence-electron chi connectivity index (χ3n) is 4.78. The highest BCUT2D eigenvalue weighted by atomic mass is 16.5. The molecule has 0 bridgehead atoms. The van der Waals surface area contributed by atoms with Crippen molar-refractivity contribution in [3.63, 3.8) is 0 Å². The zero-order valence-electron chi connectivity index (χ0n) is 17.6. The van der Waals surface area contributed by atoms with Crippen LogP contribution in [0.1, 0.15) is 57.5 Å². The van der Waals surface area contributed by atoms with Gasteiger partial charge in [0.25, 0.3) is 5.88 Å². The van der Waals surface area contributed by atoms with Gasteiger partial charge in [-0.15, -0.1) is 0 Å². The van der Waals surface area contributed by atoms with Gasteiger partial charge in [-0.05, 0) is 38.7 Å². The van der Waals surface area contributed by atoms with E-state index in [1.165, 1.54) is 0 Å². The van der Waals surface area contributed by atoms with Gasteiger partial charge in [0, 0.05) is 18.2 Å². The summed E-state index contributed by atoms with van der Waals surface area (Å²) in [6.07, 6.45) is 3.61. The van der Waals surface area contributed by atoms with Crippen molar-refractivity contribution in [2.24, 2.45) is 0 Å². The van der Waals surface area contributed by atoms with Crippen LogP contribution >= 0.6 is 0 Å². The Morgan fingerprint density at radius 2 is 1.70 bits per heavy atom. The van der Waals surface area contributed by atoms with Gasteiger partial charge < -0.3 is 14.8 Å². The number of aryl methyl sites for hydroxylation is 3. The van der Waals surface area contributed by atoms with Crippen molar-refractivity contribution in [3.05, 3.63) is 23.0 Å². The zero-order chi connectivity index (χ0) is 20.0. The van der Waals surface area contributed by atoms with Crippen LogP contribution in [0.2, 0.25) is 0 Å². The average Bonchev–Trinajstić information content (AvgIpc) is 2.71. The molecule has 0 saturated carbocycles. The molecule has 0 atom stereocenters.